The molecule has 0 fully saturated rings. The summed E-state index contributed by atoms with van der Waals surface area (Å²) in [6.07, 6.45) is -3.17. The average molecular weight is 265 g/mol. The minimum Gasteiger partial charge on any atom is -0.478 e. The molecule has 7 heteroatoms. The Balaban J connectivity index is 3.59. The first-order valence-corrected chi connectivity index (χ1v) is 5.12. The molecule has 0 saturated carbocycles. The van der Waals surface area contributed by atoms with Crippen molar-refractivity contribution in [3.8, 4) is 0 Å². The van der Waals surface area contributed by atoms with Crippen LogP contribution in [0.4, 0.5) is 17.6 Å². The molecular formula is C11H11F4NO2. The lowest BCUT2D eigenvalue weighted by Gasteiger charge is -2.15. The molecule has 0 aliphatic rings. The van der Waals surface area contributed by atoms with Crippen molar-refractivity contribution in [2.45, 2.75) is 32.6 Å². The molecule has 0 amide bonds. The maximum Gasteiger partial charge on any atom is 0.338 e. The SMILES string of the molecule is CCc1cc(C(C)(F)F)nc(C(F)F)c1C(=O)O. The summed E-state index contributed by atoms with van der Waals surface area (Å²) >= 11 is 0. The molecule has 0 unspecified atom stereocenters. The van der Waals surface area contributed by atoms with Crippen molar-refractivity contribution in [2.75, 3.05) is 0 Å². The highest BCUT2D eigenvalue weighted by Crippen LogP contribution is 2.31. The third kappa shape index (κ3) is 2.77. The van der Waals surface area contributed by atoms with E-state index in [2.05, 4.69) is 4.98 Å². The minimum atomic E-state index is -3.40. The van der Waals surface area contributed by atoms with Crippen LogP contribution in [-0.2, 0) is 12.3 Å². The van der Waals surface area contributed by atoms with Crippen LogP contribution in [-0.4, -0.2) is 16.1 Å². The van der Waals surface area contributed by atoms with E-state index >= 15 is 0 Å². The highest BCUT2D eigenvalue weighted by molar-refractivity contribution is 5.90. The molecule has 0 aromatic carbocycles. The first kappa shape index (κ1) is 14.4. The zero-order chi connectivity index (χ0) is 14.1. The van der Waals surface area contributed by atoms with E-state index in [0.717, 1.165) is 6.07 Å². The molecule has 1 N–H and O–H groups in total. The largest absolute Gasteiger partial charge is 0.478 e. The second-order valence-electron chi connectivity index (χ2n) is 3.77. The summed E-state index contributed by atoms with van der Waals surface area (Å²) in [5.41, 5.74) is -2.73. The summed E-state index contributed by atoms with van der Waals surface area (Å²) < 4.78 is 51.6. The van der Waals surface area contributed by atoms with Gasteiger partial charge in [-0.05, 0) is 18.1 Å². The van der Waals surface area contributed by atoms with Crippen LogP contribution < -0.4 is 0 Å². The first-order chi connectivity index (χ1) is 8.18. The van der Waals surface area contributed by atoms with Gasteiger partial charge in [-0.25, -0.2) is 18.6 Å². The number of nitrogens with zero attached hydrogens (tertiary/aromatic N) is 1. The summed E-state index contributed by atoms with van der Waals surface area (Å²) in [4.78, 5) is 14.0. The number of rotatable bonds is 4. The number of hydrogen-bond acceptors (Lipinski definition) is 2. The van der Waals surface area contributed by atoms with Gasteiger partial charge in [0.15, 0.2) is 0 Å². The zero-order valence-corrected chi connectivity index (χ0v) is 9.68. The molecule has 0 saturated heterocycles. The summed E-state index contributed by atoms with van der Waals surface area (Å²) in [6.45, 7) is 2.01. The standard InChI is InChI=1S/C11H11F4NO2/c1-3-5-4-6(11(2,14)15)16-8(9(12)13)7(5)10(17)18/h4,9H,3H2,1-2H3,(H,17,18). The van der Waals surface area contributed by atoms with Crippen molar-refractivity contribution < 1.29 is 27.5 Å². The number of alkyl halides is 4. The second kappa shape index (κ2) is 4.91. The fraction of sp³-hybridized carbons (Fsp3) is 0.455. The van der Waals surface area contributed by atoms with Crippen molar-refractivity contribution in [1.29, 1.82) is 0 Å². The molecule has 1 rings (SSSR count). The number of carboxylic acids is 1. The molecule has 100 valence electrons. The fourth-order valence-electron chi connectivity index (χ4n) is 1.53. The lowest BCUT2D eigenvalue weighted by molar-refractivity contribution is 0.0115. The first-order valence-electron chi connectivity index (χ1n) is 5.12. The summed E-state index contributed by atoms with van der Waals surface area (Å²) in [5.74, 6) is -4.99. The maximum atomic E-state index is 13.1. The Labute approximate surface area is 100 Å². The second-order valence-corrected chi connectivity index (χ2v) is 3.77. The Morgan fingerprint density at radius 2 is 2.06 bits per heavy atom. The van der Waals surface area contributed by atoms with Gasteiger partial charge < -0.3 is 5.11 Å². The fourth-order valence-corrected chi connectivity index (χ4v) is 1.53. The van der Waals surface area contributed by atoms with E-state index in [1.54, 1.807) is 0 Å². The van der Waals surface area contributed by atoms with E-state index in [1.165, 1.54) is 6.92 Å². The highest BCUT2D eigenvalue weighted by atomic mass is 19.3. The quantitative estimate of drug-likeness (QED) is 0.849. The number of carbonyl (C=O) groups is 1. The van der Waals surface area contributed by atoms with Gasteiger partial charge >= 0.3 is 5.97 Å². The van der Waals surface area contributed by atoms with Crippen molar-refractivity contribution in [1.82, 2.24) is 4.98 Å². The van der Waals surface area contributed by atoms with Gasteiger partial charge in [0.2, 0.25) is 0 Å². The molecule has 1 heterocycles. The number of aromatic nitrogens is 1. The molecular weight excluding hydrogens is 254 g/mol. The van der Waals surface area contributed by atoms with Gasteiger partial charge in [-0.3, -0.25) is 0 Å². The van der Waals surface area contributed by atoms with Crippen molar-refractivity contribution >= 4 is 5.97 Å². The van der Waals surface area contributed by atoms with Gasteiger partial charge in [0.25, 0.3) is 12.3 Å². The number of halogens is 4. The Kier molecular flexibility index (Phi) is 3.93. The van der Waals surface area contributed by atoms with Crippen LogP contribution in [0.15, 0.2) is 6.07 Å². The molecule has 1 aromatic rings. The molecule has 3 nitrogen and oxygen atoms in total. The normalized spacial score (nSPS) is 11.9. The maximum absolute atomic E-state index is 13.1. The summed E-state index contributed by atoms with van der Waals surface area (Å²) in [5, 5.41) is 8.86. The number of aryl methyl sites for hydroxylation is 1. The molecule has 18 heavy (non-hydrogen) atoms. The van der Waals surface area contributed by atoms with Crippen LogP contribution in [0.3, 0.4) is 0 Å². The number of carboxylic acid groups (broad SMARTS) is 1. The third-order valence-electron chi connectivity index (χ3n) is 2.38. The predicted molar refractivity (Wildman–Crippen MR) is 55.1 cm³/mol. The van der Waals surface area contributed by atoms with Gasteiger partial charge in [-0.15, -0.1) is 0 Å². The van der Waals surface area contributed by atoms with Crippen LogP contribution in [0.2, 0.25) is 0 Å². The molecule has 0 atom stereocenters. The van der Waals surface area contributed by atoms with Gasteiger partial charge in [0, 0.05) is 6.92 Å². The van der Waals surface area contributed by atoms with Crippen LogP contribution in [0.5, 0.6) is 0 Å². The average Bonchev–Trinajstić information content (AvgIpc) is 2.25. The van der Waals surface area contributed by atoms with Crippen LogP contribution >= 0.6 is 0 Å². The monoisotopic (exact) mass is 265 g/mol. The molecule has 0 spiro atoms. The van der Waals surface area contributed by atoms with Crippen LogP contribution in [0, 0.1) is 0 Å². The predicted octanol–water partition coefficient (Wildman–Crippen LogP) is 3.39. The van der Waals surface area contributed by atoms with E-state index < -0.39 is 35.3 Å². The Bertz CT molecular complexity index is 469. The molecule has 0 aliphatic heterocycles. The van der Waals surface area contributed by atoms with Gasteiger partial charge in [0.1, 0.15) is 11.4 Å². The lowest BCUT2D eigenvalue weighted by Crippen LogP contribution is -2.17. The molecule has 1 aromatic heterocycles. The number of pyridine rings is 1. The van der Waals surface area contributed by atoms with Crippen molar-refractivity contribution in [3.05, 3.63) is 28.6 Å². The number of hydrogen-bond donors (Lipinski definition) is 1. The third-order valence-corrected chi connectivity index (χ3v) is 2.38. The van der Waals surface area contributed by atoms with Gasteiger partial charge in [-0.1, -0.05) is 6.92 Å². The minimum absolute atomic E-state index is 0.0486. The van der Waals surface area contributed by atoms with Crippen LogP contribution in [0.1, 0.15) is 47.6 Å². The molecule has 0 radical (unpaired) electrons. The zero-order valence-electron chi connectivity index (χ0n) is 9.68. The van der Waals surface area contributed by atoms with Gasteiger partial charge in [0.05, 0.1) is 5.56 Å². The molecule has 0 aliphatic carbocycles. The Hall–Kier alpha value is -1.66. The van der Waals surface area contributed by atoms with Crippen molar-refractivity contribution in [3.63, 3.8) is 0 Å². The topological polar surface area (TPSA) is 50.2 Å². The van der Waals surface area contributed by atoms with E-state index in [1.807, 2.05) is 0 Å². The highest BCUT2D eigenvalue weighted by Gasteiger charge is 2.31. The summed E-state index contributed by atoms with van der Waals surface area (Å²) in [6, 6.07) is 0.856. The van der Waals surface area contributed by atoms with E-state index in [4.69, 9.17) is 5.11 Å². The van der Waals surface area contributed by atoms with Gasteiger partial charge in [-0.2, -0.15) is 8.78 Å². The van der Waals surface area contributed by atoms with Crippen molar-refractivity contribution in [2.24, 2.45) is 0 Å². The summed E-state index contributed by atoms with van der Waals surface area (Å²) in [7, 11) is 0. The smallest absolute Gasteiger partial charge is 0.338 e. The Morgan fingerprint density at radius 3 is 2.39 bits per heavy atom. The number of aromatic carboxylic acids is 1. The van der Waals surface area contributed by atoms with Crippen LogP contribution in [0.25, 0.3) is 0 Å². The van der Waals surface area contributed by atoms with E-state index in [0.29, 0.717) is 6.92 Å². The lowest BCUT2D eigenvalue weighted by atomic mass is 10.0. The Morgan fingerprint density at radius 1 is 1.50 bits per heavy atom. The van der Waals surface area contributed by atoms with E-state index in [9.17, 15) is 22.4 Å². The van der Waals surface area contributed by atoms with E-state index in [-0.39, 0.29) is 12.0 Å². The molecule has 0 bridgehead atoms.